The monoisotopic (exact) mass is 399 g/mol. The van der Waals surface area contributed by atoms with Gasteiger partial charge in [0.1, 0.15) is 0 Å². The Morgan fingerprint density at radius 2 is 2.17 bits per heavy atom. The number of rotatable bonds is 6. The molecule has 0 aliphatic heterocycles. The quantitative estimate of drug-likeness (QED) is 0.334. The van der Waals surface area contributed by atoms with Crippen LogP contribution in [0.2, 0.25) is 0 Å². The van der Waals surface area contributed by atoms with E-state index in [2.05, 4.69) is 40.9 Å². The molecule has 18 heavy (non-hydrogen) atoms. The highest BCUT2D eigenvalue weighted by Crippen LogP contribution is 2.14. The molecule has 0 bridgehead atoms. The minimum Gasteiger partial charge on any atom is -0.356 e. The number of nitrogens with one attached hydrogen (secondary N) is 2. The third kappa shape index (κ3) is 7.48. The second-order valence-electron chi connectivity index (χ2n) is 3.71. The van der Waals surface area contributed by atoms with Gasteiger partial charge in [-0.25, -0.2) is 0 Å². The molecule has 3 nitrogen and oxygen atoms in total. The Bertz CT molecular complexity index is 353. The second-order valence-corrected chi connectivity index (χ2v) is 6.07. The molecular formula is C12H22IN3S2. The summed E-state index contributed by atoms with van der Waals surface area (Å²) in [6.07, 6.45) is 3.30. The third-order valence-electron chi connectivity index (χ3n) is 2.27. The summed E-state index contributed by atoms with van der Waals surface area (Å²) in [7, 11) is 1.81. The molecule has 0 saturated heterocycles. The van der Waals surface area contributed by atoms with Crippen molar-refractivity contribution in [1.29, 1.82) is 0 Å². The molecule has 1 heterocycles. The van der Waals surface area contributed by atoms with E-state index >= 15 is 0 Å². The van der Waals surface area contributed by atoms with Crippen LogP contribution in [0, 0.1) is 6.92 Å². The van der Waals surface area contributed by atoms with Gasteiger partial charge < -0.3 is 10.6 Å². The van der Waals surface area contributed by atoms with Crippen LogP contribution in [0.5, 0.6) is 0 Å². The van der Waals surface area contributed by atoms with Crippen molar-refractivity contribution in [2.75, 3.05) is 25.6 Å². The van der Waals surface area contributed by atoms with Gasteiger partial charge in [0.2, 0.25) is 0 Å². The summed E-state index contributed by atoms with van der Waals surface area (Å²) in [5.41, 5.74) is 0. The molecule has 0 amide bonds. The van der Waals surface area contributed by atoms with E-state index in [4.69, 9.17) is 0 Å². The van der Waals surface area contributed by atoms with Crippen molar-refractivity contribution >= 4 is 53.0 Å². The molecule has 0 aliphatic carbocycles. The van der Waals surface area contributed by atoms with Gasteiger partial charge in [0.25, 0.3) is 0 Å². The maximum absolute atomic E-state index is 4.20. The highest BCUT2D eigenvalue weighted by Gasteiger charge is 1.99. The highest BCUT2D eigenvalue weighted by atomic mass is 127. The summed E-state index contributed by atoms with van der Waals surface area (Å²) in [5, 5.41) is 6.63. The second kappa shape index (κ2) is 10.9. The average Bonchev–Trinajstić information content (AvgIpc) is 2.74. The van der Waals surface area contributed by atoms with Crippen molar-refractivity contribution in [3.63, 3.8) is 0 Å². The Labute approximate surface area is 135 Å². The predicted octanol–water partition coefficient (Wildman–Crippen LogP) is 3.09. The molecule has 0 unspecified atom stereocenters. The molecule has 0 radical (unpaired) electrons. The van der Waals surface area contributed by atoms with Gasteiger partial charge in [0.15, 0.2) is 5.96 Å². The standard InChI is InChI=1S/C12H21N3S2.HI/c1-10-5-6-11(17-10)9-15-12(13-2)14-7-4-8-16-3;/h5-6H,4,7-9H2,1-3H3,(H2,13,14,15);1H. The van der Waals surface area contributed by atoms with Gasteiger partial charge in [-0.05, 0) is 37.5 Å². The molecule has 2 N–H and O–H groups in total. The zero-order valence-corrected chi connectivity index (χ0v) is 15.1. The van der Waals surface area contributed by atoms with E-state index in [0.29, 0.717) is 0 Å². The van der Waals surface area contributed by atoms with Crippen molar-refractivity contribution in [2.24, 2.45) is 4.99 Å². The molecule has 1 aromatic heterocycles. The van der Waals surface area contributed by atoms with Crippen LogP contribution in [0.4, 0.5) is 0 Å². The number of halogens is 1. The first-order chi connectivity index (χ1) is 8.26. The van der Waals surface area contributed by atoms with Crippen LogP contribution in [-0.4, -0.2) is 31.6 Å². The fourth-order valence-corrected chi connectivity index (χ4v) is 2.66. The Balaban J connectivity index is 0.00000289. The lowest BCUT2D eigenvalue weighted by Gasteiger charge is -2.10. The highest BCUT2D eigenvalue weighted by molar-refractivity contribution is 14.0. The van der Waals surface area contributed by atoms with Crippen molar-refractivity contribution in [2.45, 2.75) is 19.9 Å². The van der Waals surface area contributed by atoms with E-state index in [9.17, 15) is 0 Å². The lowest BCUT2D eigenvalue weighted by Crippen LogP contribution is -2.37. The van der Waals surface area contributed by atoms with Crippen LogP contribution in [0.15, 0.2) is 17.1 Å². The van der Waals surface area contributed by atoms with Crippen LogP contribution in [0.25, 0.3) is 0 Å². The van der Waals surface area contributed by atoms with Crippen LogP contribution in [-0.2, 0) is 6.54 Å². The van der Waals surface area contributed by atoms with Crippen molar-refractivity contribution in [1.82, 2.24) is 10.6 Å². The molecule has 0 saturated carbocycles. The van der Waals surface area contributed by atoms with E-state index in [1.165, 1.54) is 21.9 Å². The van der Waals surface area contributed by atoms with E-state index in [1.807, 2.05) is 30.1 Å². The molecule has 0 fully saturated rings. The number of guanidine groups is 1. The third-order valence-corrected chi connectivity index (χ3v) is 3.96. The SMILES string of the molecule is CN=C(NCCCSC)NCc1ccc(C)s1.I. The molecule has 6 heteroatoms. The van der Waals surface area contributed by atoms with E-state index in [-0.39, 0.29) is 24.0 Å². The minimum atomic E-state index is 0. The van der Waals surface area contributed by atoms with Gasteiger partial charge in [-0.15, -0.1) is 35.3 Å². The topological polar surface area (TPSA) is 36.4 Å². The molecule has 104 valence electrons. The number of nitrogens with zero attached hydrogens (tertiary/aromatic N) is 1. The first-order valence-corrected chi connectivity index (χ1v) is 7.96. The Morgan fingerprint density at radius 3 is 2.72 bits per heavy atom. The van der Waals surface area contributed by atoms with Gasteiger partial charge >= 0.3 is 0 Å². The number of hydrogen-bond donors (Lipinski definition) is 2. The zero-order valence-electron chi connectivity index (χ0n) is 11.2. The lowest BCUT2D eigenvalue weighted by atomic mass is 10.4. The van der Waals surface area contributed by atoms with E-state index in [0.717, 1.165) is 19.0 Å². The van der Waals surface area contributed by atoms with Crippen LogP contribution in [0.1, 0.15) is 16.2 Å². The number of thioether (sulfide) groups is 1. The summed E-state index contributed by atoms with van der Waals surface area (Å²) < 4.78 is 0. The summed E-state index contributed by atoms with van der Waals surface area (Å²) >= 11 is 3.70. The van der Waals surface area contributed by atoms with Gasteiger partial charge in [-0.3, -0.25) is 4.99 Å². The number of thiophene rings is 1. The molecule has 0 aliphatic rings. The Kier molecular flexibility index (Phi) is 11.0. The largest absolute Gasteiger partial charge is 0.356 e. The maximum atomic E-state index is 4.20. The maximum Gasteiger partial charge on any atom is 0.191 e. The van der Waals surface area contributed by atoms with E-state index in [1.54, 1.807) is 0 Å². The van der Waals surface area contributed by atoms with Crippen LogP contribution >= 0.6 is 47.1 Å². The van der Waals surface area contributed by atoms with Crippen molar-refractivity contribution < 1.29 is 0 Å². The summed E-state index contributed by atoms with van der Waals surface area (Å²) in [6, 6.07) is 4.31. The average molecular weight is 399 g/mol. The summed E-state index contributed by atoms with van der Waals surface area (Å²) in [5.74, 6) is 2.07. The molecular weight excluding hydrogens is 377 g/mol. The van der Waals surface area contributed by atoms with E-state index < -0.39 is 0 Å². The fraction of sp³-hybridized carbons (Fsp3) is 0.583. The molecule has 0 atom stereocenters. The zero-order chi connectivity index (χ0) is 12.5. The molecule has 0 aromatic carbocycles. The number of hydrogen-bond acceptors (Lipinski definition) is 3. The van der Waals surface area contributed by atoms with Gasteiger partial charge in [0.05, 0.1) is 6.54 Å². The Hall–Kier alpha value is 0.0500. The summed E-state index contributed by atoms with van der Waals surface area (Å²) in [4.78, 5) is 6.89. The molecule has 1 rings (SSSR count). The van der Waals surface area contributed by atoms with Crippen molar-refractivity contribution in [3.05, 3.63) is 21.9 Å². The van der Waals surface area contributed by atoms with Gasteiger partial charge in [-0.1, -0.05) is 0 Å². The lowest BCUT2D eigenvalue weighted by molar-refractivity contribution is 0.790. The normalized spacial score (nSPS) is 10.9. The molecule has 0 spiro atoms. The van der Waals surface area contributed by atoms with Crippen LogP contribution in [0.3, 0.4) is 0 Å². The first-order valence-electron chi connectivity index (χ1n) is 5.75. The smallest absolute Gasteiger partial charge is 0.191 e. The van der Waals surface area contributed by atoms with Gasteiger partial charge in [0, 0.05) is 23.3 Å². The first kappa shape index (κ1) is 18.0. The Morgan fingerprint density at radius 1 is 1.39 bits per heavy atom. The van der Waals surface area contributed by atoms with Crippen molar-refractivity contribution in [3.8, 4) is 0 Å². The fourth-order valence-electron chi connectivity index (χ4n) is 1.39. The number of aryl methyl sites for hydroxylation is 1. The molecule has 1 aromatic rings. The minimum absolute atomic E-state index is 0. The predicted molar refractivity (Wildman–Crippen MR) is 95.7 cm³/mol. The summed E-state index contributed by atoms with van der Waals surface area (Å²) in [6.45, 7) is 3.95. The van der Waals surface area contributed by atoms with Gasteiger partial charge in [-0.2, -0.15) is 11.8 Å². The van der Waals surface area contributed by atoms with Crippen LogP contribution < -0.4 is 10.6 Å². The number of aliphatic imine (C=N–C) groups is 1.